The summed E-state index contributed by atoms with van der Waals surface area (Å²) in [6.07, 6.45) is 8.43. The van der Waals surface area contributed by atoms with Crippen molar-refractivity contribution in [2.45, 2.75) is 59.1 Å². The summed E-state index contributed by atoms with van der Waals surface area (Å²) in [7, 11) is 0. The Labute approximate surface area is 172 Å². The van der Waals surface area contributed by atoms with Gasteiger partial charge >= 0.3 is 0 Å². The van der Waals surface area contributed by atoms with Crippen LogP contribution in [0.1, 0.15) is 57.2 Å². The number of ketones is 1. The fraction of sp³-hybridized carbons (Fsp3) is 0.478. The van der Waals surface area contributed by atoms with Gasteiger partial charge in [-0.3, -0.25) is 14.6 Å². The van der Waals surface area contributed by atoms with Crippen LogP contribution in [0.25, 0.3) is 0 Å². The number of aromatic nitrogens is 1. The molecule has 1 unspecified atom stereocenters. The van der Waals surface area contributed by atoms with Crippen LogP contribution in [0.3, 0.4) is 0 Å². The summed E-state index contributed by atoms with van der Waals surface area (Å²) in [5, 5.41) is 0. The number of pyridine rings is 1. The van der Waals surface area contributed by atoms with Crippen molar-refractivity contribution < 1.29 is 14.3 Å². The summed E-state index contributed by atoms with van der Waals surface area (Å²) in [4.78, 5) is 35.6. The number of amides is 1. The second-order valence-electron chi connectivity index (χ2n) is 8.08. The van der Waals surface area contributed by atoms with E-state index in [1.165, 1.54) is 12.6 Å². The van der Waals surface area contributed by atoms with Crippen LogP contribution in [0, 0.1) is 12.8 Å². The molecule has 0 N–H and O–H groups in total. The molecule has 0 spiro atoms. The molecule has 1 aliphatic heterocycles. The molecule has 29 heavy (non-hydrogen) atoms. The lowest BCUT2D eigenvalue weighted by Gasteiger charge is -2.28. The van der Waals surface area contributed by atoms with Gasteiger partial charge in [-0.15, -0.1) is 0 Å². The largest absolute Gasteiger partial charge is 0.474 e. The zero-order chi connectivity index (χ0) is 21.1. The maximum absolute atomic E-state index is 13.1. The van der Waals surface area contributed by atoms with E-state index in [0.29, 0.717) is 17.0 Å². The smallest absolute Gasteiger partial charge is 0.255 e. The van der Waals surface area contributed by atoms with Crippen molar-refractivity contribution in [1.82, 2.24) is 9.88 Å². The Kier molecular flexibility index (Phi) is 6.30. The van der Waals surface area contributed by atoms with Crippen LogP contribution in [-0.4, -0.2) is 40.9 Å². The zero-order valence-electron chi connectivity index (χ0n) is 17.6. The first kappa shape index (κ1) is 21.0. The van der Waals surface area contributed by atoms with Crippen molar-refractivity contribution in [3.05, 3.63) is 46.8 Å². The Bertz CT molecular complexity index is 881. The number of rotatable bonds is 8. The molecule has 2 heterocycles. The number of hydrogen-bond donors (Lipinski definition) is 0. The van der Waals surface area contributed by atoms with Crippen LogP contribution in [0.15, 0.2) is 40.7 Å². The summed E-state index contributed by atoms with van der Waals surface area (Å²) >= 11 is 0. The molecule has 6 heteroatoms. The van der Waals surface area contributed by atoms with E-state index in [-0.39, 0.29) is 36.3 Å². The number of carbonyl (C=O) groups is 2. The maximum atomic E-state index is 13.1. The van der Waals surface area contributed by atoms with Crippen LogP contribution >= 0.6 is 0 Å². The zero-order valence-corrected chi connectivity index (χ0v) is 17.6. The number of nitrogens with zero attached hydrogens (tertiary/aromatic N) is 3. The minimum Gasteiger partial charge on any atom is -0.474 e. The number of aryl methyl sites for hydroxylation is 1. The highest BCUT2D eigenvalue weighted by atomic mass is 16.5. The van der Waals surface area contributed by atoms with Crippen LogP contribution in [0.4, 0.5) is 0 Å². The van der Waals surface area contributed by atoms with Crippen LogP contribution in [0.5, 0.6) is 5.88 Å². The van der Waals surface area contributed by atoms with E-state index in [1.807, 2.05) is 33.8 Å². The first-order valence-corrected chi connectivity index (χ1v) is 10.2. The Morgan fingerprint density at radius 1 is 1.38 bits per heavy atom. The van der Waals surface area contributed by atoms with Gasteiger partial charge in [0.15, 0.2) is 5.78 Å². The van der Waals surface area contributed by atoms with Gasteiger partial charge in [0, 0.05) is 35.0 Å². The minimum atomic E-state index is -0.219. The third-order valence-corrected chi connectivity index (χ3v) is 5.65. The van der Waals surface area contributed by atoms with Gasteiger partial charge in [-0.2, -0.15) is 0 Å². The lowest BCUT2D eigenvalue weighted by Crippen LogP contribution is -2.31. The molecule has 1 fully saturated rings. The lowest BCUT2D eigenvalue weighted by molar-refractivity contribution is -0.127. The molecule has 1 aliphatic carbocycles. The number of aliphatic imine (C=N–C) groups is 1. The lowest BCUT2D eigenvalue weighted by atomic mass is 9.96. The average Bonchev–Trinajstić information content (AvgIpc) is 2.98. The standard InChI is InChI=1S/C23H29N3O3/c1-14(2)21(27)20-13-26(23(28)19(20)9-10-24-5)16(4)17-11-15(3)22(25-12-17)29-18-7-6-8-18/h9-12,14,16,18H,5-8,13H2,1-4H3/b10-9-. The Hall–Kier alpha value is -2.76. The molecule has 1 amide bonds. The Balaban J connectivity index is 1.82. The fourth-order valence-corrected chi connectivity index (χ4v) is 3.54. The van der Waals surface area contributed by atoms with E-state index in [1.54, 1.807) is 17.2 Å². The molecular formula is C23H29N3O3. The van der Waals surface area contributed by atoms with Crippen molar-refractivity contribution in [2.75, 3.05) is 6.54 Å². The number of hydrogen-bond acceptors (Lipinski definition) is 5. The van der Waals surface area contributed by atoms with Crippen LogP contribution < -0.4 is 4.74 Å². The molecule has 3 rings (SSSR count). The predicted octanol–water partition coefficient (Wildman–Crippen LogP) is 3.96. The molecule has 0 bridgehead atoms. The van der Waals surface area contributed by atoms with E-state index in [2.05, 4.69) is 16.7 Å². The van der Waals surface area contributed by atoms with E-state index in [4.69, 9.17) is 4.74 Å². The number of ether oxygens (including phenoxy) is 1. The molecule has 1 aromatic heterocycles. The summed E-state index contributed by atoms with van der Waals surface area (Å²) in [6.45, 7) is 11.3. The van der Waals surface area contributed by atoms with Crippen LogP contribution in [-0.2, 0) is 9.59 Å². The second kappa shape index (κ2) is 8.72. The monoisotopic (exact) mass is 395 g/mol. The van der Waals surface area contributed by atoms with Gasteiger partial charge in [-0.1, -0.05) is 13.8 Å². The maximum Gasteiger partial charge on any atom is 0.255 e. The molecule has 0 saturated heterocycles. The predicted molar refractivity (Wildman–Crippen MR) is 113 cm³/mol. The molecule has 2 aliphatic rings. The van der Waals surface area contributed by atoms with Crippen LogP contribution in [0.2, 0.25) is 0 Å². The van der Waals surface area contributed by atoms with E-state index in [9.17, 15) is 9.59 Å². The number of Topliss-reactive ketones (excluding diaryl/α,β-unsaturated/α-hetero) is 1. The Morgan fingerprint density at radius 2 is 2.10 bits per heavy atom. The molecule has 1 aromatic rings. The van der Waals surface area contributed by atoms with Crippen molar-refractivity contribution >= 4 is 18.4 Å². The van der Waals surface area contributed by atoms with E-state index in [0.717, 1.165) is 24.0 Å². The normalized spacial score (nSPS) is 18.5. The molecule has 1 atom stereocenters. The molecular weight excluding hydrogens is 366 g/mol. The highest BCUT2D eigenvalue weighted by Gasteiger charge is 2.36. The molecule has 0 radical (unpaired) electrons. The average molecular weight is 396 g/mol. The van der Waals surface area contributed by atoms with Gasteiger partial charge in [0.2, 0.25) is 5.88 Å². The van der Waals surface area contributed by atoms with Crippen molar-refractivity contribution in [3.63, 3.8) is 0 Å². The number of carbonyl (C=O) groups excluding carboxylic acids is 2. The van der Waals surface area contributed by atoms with Gasteiger partial charge in [0.05, 0.1) is 12.6 Å². The van der Waals surface area contributed by atoms with Crippen molar-refractivity contribution in [3.8, 4) is 5.88 Å². The fourth-order valence-electron chi connectivity index (χ4n) is 3.54. The van der Waals surface area contributed by atoms with Gasteiger partial charge in [-0.25, -0.2) is 4.98 Å². The second-order valence-corrected chi connectivity index (χ2v) is 8.08. The molecule has 0 aromatic carbocycles. The van der Waals surface area contributed by atoms with Gasteiger partial charge < -0.3 is 9.64 Å². The van der Waals surface area contributed by atoms with E-state index >= 15 is 0 Å². The first-order chi connectivity index (χ1) is 13.8. The van der Waals surface area contributed by atoms with Gasteiger partial charge in [-0.05, 0) is 57.5 Å². The van der Waals surface area contributed by atoms with Crippen molar-refractivity contribution in [1.29, 1.82) is 0 Å². The topological polar surface area (TPSA) is 71.9 Å². The summed E-state index contributed by atoms with van der Waals surface area (Å²) in [5.74, 6) is 0.289. The quantitative estimate of drug-likeness (QED) is 0.625. The molecule has 6 nitrogen and oxygen atoms in total. The third kappa shape index (κ3) is 4.31. The van der Waals surface area contributed by atoms with Gasteiger partial charge in [0.25, 0.3) is 5.91 Å². The first-order valence-electron chi connectivity index (χ1n) is 10.2. The SMILES string of the molecule is C=N/C=C\C1=C(C(=O)C(C)C)CN(C(C)c2cnc(OC3CCC3)c(C)c2)C1=O. The highest BCUT2D eigenvalue weighted by Crippen LogP contribution is 2.33. The van der Waals surface area contributed by atoms with Crippen molar-refractivity contribution in [2.24, 2.45) is 10.9 Å². The minimum absolute atomic E-state index is 0.0182. The molecule has 1 saturated carbocycles. The summed E-state index contributed by atoms with van der Waals surface area (Å²) in [6, 6.07) is 1.80. The summed E-state index contributed by atoms with van der Waals surface area (Å²) in [5.41, 5.74) is 2.81. The Morgan fingerprint density at radius 3 is 2.66 bits per heavy atom. The third-order valence-electron chi connectivity index (χ3n) is 5.65. The highest BCUT2D eigenvalue weighted by molar-refractivity contribution is 6.11. The van der Waals surface area contributed by atoms with E-state index < -0.39 is 0 Å². The summed E-state index contributed by atoms with van der Waals surface area (Å²) < 4.78 is 5.93. The van der Waals surface area contributed by atoms with Gasteiger partial charge in [0.1, 0.15) is 6.10 Å². The molecule has 154 valence electrons.